The average molecular weight is 228 g/mol. The molecule has 0 aliphatic heterocycles. The van der Waals surface area contributed by atoms with Crippen molar-refractivity contribution in [3.05, 3.63) is 12.1 Å². The van der Waals surface area contributed by atoms with Gasteiger partial charge in [-0.1, -0.05) is 0 Å². The van der Waals surface area contributed by atoms with Gasteiger partial charge in [0.05, 0.1) is 12.3 Å². The molecule has 0 saturated carbocycles. The largest absolute Gasteiger partial charge is 0.476 e. The van der Waals surface area contributed by atoms with Gasteiger partial charge in [0.25, 0.3) is 0 Å². The Hall–Kier alpha value is -0.940. The van der Waals surface area contributed by atoms with E-state index in [-0.39, 0.29) is 6.61 Å². The maximum atomic E-state index is 8.65. The summed E-state index contributed by atoms with van der Waals surface area (Å²) in [6, 6.07) is 3.65. The van der Waals surface area contributed by atoms with Crippen LogP contribution in [0, 0.1) is 0 Å². The normalized spacial score (nSPS) is 10.3. The highest BCUT2D eigenvalue weighted by Crippen LogP contribution is 2.24. The summed E-state index contributed by atoms with van der Waals surface area (Å²) >= 11 is 1.59. The summed E-state index contributed by atoms with van der Waals surface area (Å²) < 4.78 is 5.28. The van der Waals surface area contributed by atoms with E-state index in [9.17, 15) is 0 Å². The Bertz CT molecular complexity index is 307. The van der Waals surface area contributed by atoms with Crippen LogP contribution in [0.25, 0.3) is 0 Å². The van der Waals surface area contributed by atoms with E-state index in [1.165, 1.54) is 0 Å². The Balaban J connectivity index is 2.61. The predicted molar refractivity (Wildman–Crippen MR) is 62.2 cm³/mol. The molecule has 0 aromatic carbocycles. The molecule has 5 heteroatoms. The number of pyridine rings is 1. The molecule has 84 valence electrons. The Morgan fingerprint density at radius 1 is 1.53 bits per heavy atom. The van der Waals surface area contributed by atoms with Crippen molar-refractivity contribution in [3.63, 3.8) is 0 Å². The molecule has 1 aromatic rings. The Labute approximate surface area is 93.8 Å². The van der Waals surface area contributed by atoms with Crippen LogP contribution >= 0.6 is 11.8 Å². The van der Waals surface area contributed by atoms with Crippen molar-refractivity contribution >= 4 is 17.4 Å². The van der Waals surface area contributed by atoms with Crippen LogP contribution in [0.1, 0.15) is 13.3 Å². The molecule has 0 bridgehead atoms. The van der Waals surface area contributed by atoms with Crippen LogP contribution in [0.2, 0.25) is 0 Å². The fourth-order valence-electron chi connectivity index (χ4n) is 1.01. The van der Waals surface area contributed by atoms with Crippen LogP contribution in [0.3, 0.4) is 0 Å². The lowest BCUT2D eigenvalue weighted by Crippen LogP contribution is -2.00. The smallest absolute Gasteiger partial charge is 0.238 e. The monoisotopic (exact) mass is 228 g/mol. The molecule has 1 aromatic heterocycles. The van der Waals surface area contributed by atoms with Gasteiger partial charge in [-0.3, -0.25) is 0 Å². The molecule has 3 N–H and O–H groups in total. The first-order valence-electron chi connectivity index (χ1n) is 4.91. The van der Waals surface area contributed by atoms with E-state index in [2.05, 4.69) is 4.98 Å². The molecule has 0 aliphatic rings. The van der Waals surface area contributed by atoms with Gasteiger partial charge in [0, 0.05) is 12.4 Å². The summed E-state index contributed by atoms with van der Waals surface area (Å²) in [4.78, 5) is 4.27. The summed E-state index contributed by atoms with van der Waals surface area (Å²) in [7, 11) is 0. The van der Waals surface area contributed by atoms with Gasteiger partial charge in [0.1, 0.15) is 5.03 Å². The second-order valence-electron chi connectivity index (χ2n) is 2.90. The molecule has 1 heterocycles. The molecule has 0 spiro atoms. The van der Waals surface area contributed by atoms with E-state index in [0.29, 0.717) is 18.2 Å². The molecule has 0 fully saturated rings. The molecular formula is C10H16N2O2S. The van der Waals surface area contributed by atoms with Crippen LogP contribution in [-0.4, -0.2) is 29.1 Å². The third-order valence-corrected chi connectivity index (χ3v) is 2.71. The molecule has 1 rings (SSSR count). The predicted octanol–water partition coefficient (Wildman–Crippen LogP) is 1.54. The highest BCUT2D eigenvalue weighted by Gasteiger charge is 2.03. The van der Waals surface area contributed by atoms with Crippen molar-refractivity contribution < 1.29 is 9.84 Å². The SMILES string of the molecule is CCOc1nc(SCCCO)ccc1N. The number of rotatable bonds is 6. The second kappa shape index (κ2) is 6.53. The van der Waals surface area contributed by atoms with Crippen molar-refractivity contribution in [2.45, 2.75) is 18.4 Å². The highest BCUT2D eigenvalue weighted by molar-refractivity contribution is 7.99. The third-order valence-electron chi connectivity index (χ3n) is 1.70. The standard InChI is InChI=1S/C10H16N2O2S/c1-2-14-10-8(11)4-5-9(12-10)15-7-3-6-13/h4-5,13H,2-3,6-7,11H2,1H3. The molecule has 0 saturated heterocycles. The number of aromatic nitrogens is 1. The summed E-state index contributed by atoms with van der Waals surface area (Å²) in [6.45, 7) is 2.66. The number of nitrogens with zero attached hydrogens (tertiary/aromatic N) is 1. The number of anilines is 1. The molecule has 0 atom stereocenters. The van der Waals surface area contributed by atoms with Crippen molar-refractivity contribution in [2.75, 3.05) is 24.7 Å². The minimum Gasteiger partial charge on any atom is -0.476 e. The molecule has 0 amide bonds. The number of aliphatic hydroxyl groups is 1. The fourth-order valence-corrected chi connectivity index (χ4v) is 1.80. The number of aliphatic hydroxyl groups excluding tert-OH is 1. The fraction of sp³-hybridized carbons (Fsp3) is 0.500. The van der Waals surface area contributed by atoms with Crippen LogP contribution in [0.5, 0.6) is 5.88 Å². The zero-order valence-electron chi connectivity index (χ0n) is 8.77. The average Bonchev–Trinajstić information content (AvgIpc) is 2.23. The first-order valence-corrected chi connectivity index (χ1v) is 5.89. The molecule has 4 nitrogen and oxygen atoms in total. The minimum absolute atomic E-state index is 0.209. The highest BCUT2D eigenvalue weighted by atomic mass is 32.2. The zero-order valence-corrected chi connectivity index (χ0v) is 9.59. The summed E-state index contributed by atoms with van der Waals surface area (Å²) in [5, 5.41) is 9.52. The molecular weight excluding hydrogens is 212 g/mol. The summed E-state index contributed by atoms with van der Waals surface area (Å²) in [6.07, 6.45) is 0.765. The summed E-state index contributed by atoms with van der Waals surface area (Å²) in [5.74, 6) is 1.34. The Kier molecular flexibility index (Phi) is 5.28. The molecule has 0 aliphatic carbocycles. The first-order chi connectivity index (χ1) is 7.27. The lowest BCUT2D eigenvalue weighted by molar-refractivity contribution is 0.296. The lowest BCUT2D eigenvalue weighted by Gasteiger charge is -2.07. The van der Waals surface area contributed by atoms with Gasteiger partial charge in [-0.05, 0) is 25.5 Å². The number of nitrogens with two attached hydrogens (primary N) is 1. The second-order valence-corrected chi connectivity index (χ2v) is 4.02. The van der Waals surface area contributed by atoms with E-state index >= 15 is 0 Å². The van der Waals surface area contributed by atoms with Gasteiger partial charge in [-0.15, -0.1) is 11.8 Å². The number of thioether (sulfide) groups is 1. The number of hydrogen-bond donors (Lipinski definition) is 2. The van der Waals surface area contributed by atoms with Gasteiger partial charge < -0.3 is 15.6 Å². The van der Waals surface area contributed by atoms with E-state index in [1.54, 1.807) is 17.8 Å². The van der Waals surface area contributed by atoms with Crippen molar-refractivity contribution in [1.29, 1.82) is 0 Å². The van der Waals surface area contributed by atoms with Crippen LogP contribution < -0.4 is 10.5 Å². The number of hydrogen-bond acceptors (Lipinski definition) is 5. The molecule has 0 radical (unpaired) electrons. The van der Waals surface area contributed by atoms with E-state index in [4.69, 9.17) is 15.6 Å². The van der Waals surface area contributed by atoms with Crippen molar-refractivity contribution in [2.24, 2.45) is 0 Å². The van der Waals surface area contributed by atoms with E-state index < -0.39 is 0 Å². The van der Waals surface area contributed by atoms with Crippen LogP contribution in [-0.2, 0) is 0 Å². The first kappa shape index (κ1) is 12.1. The van der Waals surface area contributed by atoms with Crippen molar-refractivity contribution in [3.8, 4) is 5.88 Å². The van der Waals surface area contributed by atoms with Gasteiger partial charge in [0.2, 0.25) is 5.88 Å². The quantitative estimate of drug-likeness (QED) is 0.571. The third kappa shape index (κ3) is 3.97. The minimum atomic E-state index is 0.209. The van der Waals surface area contributed by atoms with Crippen molar-refractivity contribution in [1.82, 2.24) is 4.98 Å². The maximum Gasteiger partial charge on any atom is 0.238 e. The lowest BCUT2D eigenvalue weighted by atomic mass is 10.4. The van der Waals surface area contributed by atoms with Gasteiger partial charge in [-0.2, -0.15) is 0 Å². The van der Waals surface area contributed by atoms with E-state index in [0.717, 1.165) is 17.2 Å². The van der Waals surface area contributed by atoms with Gasteiger partial charge >= 0.3 is 0 Å². The number of ether oxygens (including phenoxy) is 1. The topological polar surface area (TPSA) is 68.4 Å². The summed E-state index contributed by atoms with van der Waals surface area (Å²) in [5.41, 5.74) is 6.25. The number of nitrogen functional groups attached to an aromatic ring is 1. The van der Waals surface area contributed by atoms with Gasteiger partial charge in [0.15, 0.2) is 0 Å². The Morgan fingerprint density at radius 2 is 2.33 bits per heavy atom. The zero-order chi connectivity index (χ0) is 11.1. The van der Waals surface area contributed by atoms with Gasteiger partial charge in [-0.25, -0.2) is 4.98 Å². The molecule has 15 heavy (non-hydrogen) atoms. The van der Waals surface area contributed by atoms with E-state index in [1.807, 2.05) is 13.0 Å². The maximum absolute atomic E-state index is 8.65. The molecule has 0 unspecified atom stereocenters. The van der Waals surface area contributed by atoms with Crippen LogP contribution in [0.4, 0.5) is 5.69 Å². The van der Waals surface area contributed by atoms with Crippen LogP contribution in [0.15, 0.2) is 17.2 Å². The Morgan fingerprint density at radius 3 is 3.00 bits per heavy atom.